The van der Waals surface area contributed by atoms with Crippen LogP contribution in [0.2, 0.25) is 0 Å². The summed E-state index contributed by atoms with van der Waals surface area (Å²) in [6.07, 6.45) is 1.58. The van der Waals surface area contributed by atoms with Gasteiger partial charge >= 0.3 is 0 Å². The minimum atomic E-state index is -0.214. The van der Waals surface area contributed by atoms with Crippen molar-refractivity contribution in [3.05, 3.63) is 72.4 Å². The lowest BCUT2D eigenvalue weighted by molar-refractivity contribution is -0.114. The summed E-state index contributed by atoms with van der Waals surface area (Å²) in [4.78, 5) is 29.9. The van der Waals surface area contributed by atoms with Crippen LogP contribution < -0.4 is 20.9 Å². The maximum Gasteiger partial charge on any atom is 0.255 e. The van der Waals surface area contributed by atoms with E-state index in [2.05, 4.69) is 20.9 Å². The summed E-state index contributed by atoms with van der Waals surface area (Å²) in [5, 5.41) is 8.76. The zero-order valence-corrected chi connectivity index (χ0v) is 16.6. The third kappa shape index (κ3) is 5.55. The van der Waals surface area contributed by atoms with Crippen LogP contribution in [0.1, 0.15) is 17.3 Å². The molecule has 0 aliphatic carbocycles. The van der Waals surface area contributed by atoms with Crippen molar-refractivity contribution in [3.8, 4) is 0 Å². The Balaban J connectivity index is 1.66. The number of hydrogen-bond donors (Lipinski definition) is 3. The Morgan fingerprint density at radius 2 is 1.41 bits per heavy atom. The molecule has 0 saturated heterocycles. The molecule has 3 aromatic rings. The fourth-order valence-corrected chi connectivity index (χ4v) is 2.67. The smallest absolute Gasteiger partial charge is 0.255 e. The molecule has 1 heterocycles. The molecular formula is C22H23N5O2. The van der Waals surface area contributed by atoms with E-state index in [0.29, 0.717) is 17.1 Å². The van der Waals surface area contributed by atoms with E-state index < -0.39 is 0 Å². The van der Waals surface area contributed by atoms with E-state index in [-0.39, 0.29) is 11.8 Å². The lowest BCUT2D eigenvalue weighted by atomic mass is 10.2. The van der Waals surface area contributed by atoms with Crippen molar-refractivity contribution < 1.29 is 9.59 Å². The van der Waals surface area contributed by atoms with Crippen LogP contribution in [0.4, 0.5) is 28.6 Å². The summed E-state index contributed by atoms with van der Waals surface area (Å²) < 4.78 is 0. The van der Waals surface area contributed by atoms with Crippen LogP contribution in [-0.4, -0.2) is 30.9 Å². The van der Waals surface area contributed by atoms with Crippen LogP contribution in [-0.2, 0) is 4.79 Å². The number of pyridine rings is 1. The number of rotatable bonds is 6. The lowest BCUT2D eigenvalue weighted by Crippen LogP contribution is -2.13. The van der Waals surface area contributed by atoms with E-state index in [9.17, 15) is 9.59 Å². The third-order valence-corrected chi connectivity index (χ3v) is 4.14. The van der Waals surface area contributed by atoms with Gasteiger partial charge in [-0.2, -0.15) is 0 Å². The Morgan fingerprint density at radius 1 is 0.828 bits per heavy atom. The standard InChI is InChI=1S/C22H23N5O2/c1-15(28)24-17-4-6-18(7-5-17)25-21-14-16(12-13-23-21)22(29)26-19-8-10-20(11-9-19)27(2)3/h4-14H,1-3H3,(H,23,25)(H,24,28)(H,26,29). The number of amides is 2. The van der Waals surface area contributed by atoms with E-state index in [1.807, 2.05) is 55.4 Å². The Hall–Kier alpha value is -3.87. The van der Waals surface area contributed by atoms with Crippen molar-refractivity contribution in [2.75, 3.05) is 34.9 Å². The predicted octanol–water partition coefficient (Wildman–Crippen LogP) is 4.10. The second-order valence-electron chi connectivity index (χ2n) is 6.71. The number of aromatic nitrogens is 1. The average Bonchev–Trinajstić information content (AvgIpc) is 2.70. The van der Waals surface area contributed by atoms with Gasteiger partial charge in [-0.3, -0.25) is 9.59 Å². The molecule has 7 heteroatoms. The fourth-order valence-electron chi connectivity index (χ4n) is 2.67. The van der Waals surface area contributed by atoms with Gasteiger partial charge in [0.1, 0.15) is 5.82 Å². The molecule has 2 amide bonds. The van der Waals surface area contributed by atoms with Gasteiger partial charge in [0.2, 0.25) is 5.91 Å². The number of carbonyl (C=O) groups excluding carboxylic acids is 2. The first-order valence-electron chi connectivity index (χ1n) is 9.10. The second kappa shape index (κ2) is 8.88. The topological polar surface area (TPSA) is 86.4 Å². The van der Waals surface area contributed by atoms with Gasteiger partial charge in [0.25, 0.3) is 5.91 Å². The van der Waals surface area contributed by atoms with Gasteiger partial charge in [-0.05, 0) is 60.7 Å². The van der Waals surface area contributed by atoms with Crippen LogP contribution in [0.15, 0.2) is 66.9 Å². The van der Waals surface area contributed by atoms with E-state index >= 15 is 0 Å². The molecule has 7 nitrogen and oxygen atoms in total. The molecule has 2 aromatic carbocycles. The van der Waals surface area contributed by atoms with Crippen LogP contribution in [0, 0.1) is 0 Å². The molecular weight excluding hydrogens is 366 g/mol. The highest BCUT2D eigenvalue weighted by Crippen LogP contribution is 2.20. The van der Waals surface area contributed by atoms with E-state index in [1.165, 1.54) is 6.92 Å². The van der Waals surface area contributed by atoms with E-state index in [4.69, 9.17) is 0 Å². The number of carbonyl (C=O) groups is 2. The van der Waals surface area contributed by atoms with E-state index in [0.717, 1.165) is 17.1 Å². The molecule has 3 N–H and O–H groups in total. The molecule has 0 radical (unpaired) electrons. The summed E-state index contributed by atoms with van der Waals surface area (Å²) in [7, 11) is 3.93. The van der Waals surface area contributed by atoms with Crippen LogP contribution in [0.5, 0.6) is 0 Å². The molecule has 0 unspecified atom stereocenters. The average molecular weight is 389 g/mol. The van der Waals surface area contributed by atoms with Crippen molar-refractivity contribution >= 4 is 40.4 Å². The van der Waals surface area contributed by atoms with Crippen LogP contribution in [0.25, 0.3) is 0 Å². The normalized spacial score (nSPS) is 10.2. The summed E-state index contributed by atoms with van der Waals surface area (Å²) in [5.41, 5.74) is 3.78. The summed E-state index contributed by atoms with van der Waals surface area (Å²) in [6.45, 7) is 1.46. The van der Waals surface area contributed by atoms with Gasteiger partial charge < -0.3 is 20.9 Å². The zero-order chi connectivity index (χ0) is 20.8. The molecule has 0 spiro atoms. The highest BCUT2D eigenvalue weighted by Gasteiger charge is 2.08. The molecule has 0 fully saturated rings. The first-order chi connectivity index (χ1) is 13.9. The summed E-state index contributed by atoms with van der Waals surface area (Å²) >= 11 is 0. The van der Waals surface area contributed by atoms with Crippen molar-refractivity contribution in [3.63, 3.8) is 0 Å². The monoisotopic (exact) mass is 389 g/mol. The molecule has 0 aliphatic heterocycles. The fraction of sp³-hybridized carbons (Fsp3) is 0.136. The first kappa shape index (κ1) is 19.9. The van der Waals surface area contributed by atoms with Gasteiger partial charge in [-0.15, -0.1) is 0 Å². The van der Waals surface area contributed by atoms with Crippen molar-refractivity contribution in [1.29, 1.82) is 0 Å². The number of nitrogens with zero attached hydrogens (tertiary/aromatic N) is 2. The zero-order valence-electron chi connectivity index (χ0n) is 16.6. The number of nitrogens with one attached hydrogen (secondary N) is 3. The van der Waals surface area contributed by atoms with Crippen LogP contribution in [0.3, 0.4) is 0 Å². The molecule has 1 aromatic heterocycles. The largest absolute Gasteiger partial charge is 0.378 e. The first-order valence-corrected chi connectivity index (χ1v) is 9.10. The van der Waals surface area contributed by atoms with Gasteiger partial charge in [0, 0.05) is 55.5 Å². The highest BCUT2D eigenvalue weighted by atomic mass is 16.2. The molecule has 0 bridgehead atoms. The second-order valence-corrected chi connectivity index (χ2v) is 6.71. The number of hydrogen-bond acceptors (Lipinski definition) is 5. The molecule has 0 atom stereocenters. The maximum absolute atomic E-state index is 12.6. The molecule has 29 heavy (non-hydrogen) atoms. The lowest BCUT2D eigenvalue weighted by Gasteiger charge is -2.13. The molecule has 0 saturated carbocycles. The SMILES string of the molecule is CC(=O)Nc1ccc(Nc2cc(C(=O)Nc3ccc(N(C)C)cc3)ccn2)cc1. The quantitative estimate of drug-likeness (QED) is 0.591. The molecule has 0 aliphatic rings. The van der Waals surface area contributed by atoms with Crippen molar-refractivity contribution in [2.45, 2.75) is 6.92 Å². The highest BCUT2D eigenvalue weighted by molar-refractivity contribution is 6.04. The molecule has 3 rings (SSSR count). The van der Waals surface area contributed by atoms with Gasteiger partial charge in [-0.1, -0.05) is 0 Å². The Kier molecular flexibility index (Phi) is 6.09. The minimum absolute atomic E-state index is 0.123. The Bertz CT molecular complexity index is 998. The summed E-state index contributed by atoms with van der Waals surface area (Å²) in [6, 6.07) is 18.2. The van der Waals surface area contributed by atoms with Crippen molar-refractivity contribution in [2.24, 2.45) is 0 Å². The third-order valence-electron chi connectivity index (χ3n) is 4.14. The van der Waals surface area contributed by atoms with Gasteiger partial charge in [0.15, 0.2) is 0 Å². The van der Waals surface area contributed by atoms with Gasteiger partial charge in [0.05, 0.1) is 0 Å². The van der Waals surface area contributed by atoms with Crippen LogP contribution >= 0.6 is 0 Å². The Morgan fingerprint density at radius 3 is 2.03 bits per heavy atom. The summed E-state index contributed by atoms with van der Waals surface area (Å²) in [5.74, 6) is 0.212. The van der Waals surface area contributed by atoms with Gasteiger partial charge in [-0.25, -0.2) is 4.98 Å². The maximum atomic E-state index is 12.6. The number of benzene rings is 2. The molecule has 148 valence electrons. The number of anilines is 5. The minimum Gasteiger partial charge on any atom is -0.378 e. The Labute approximate surface area is 169 Å². The van der Waals surface area contributed by atoms with Crippen molar-refractivity contribution in [1.82, 2.24) is 4.98 Å². The predicted molar refractivity (Wildman–Crippen MR) is 117 cm³/mol. The van der Waals surface area contributed by atoms with E-state index in [1.54, 1.807) is 30.5 Å².